The maximum atomic E-state index is 6.70. The molecular weight excluding hydrogens is 695 g/mol. The smallest absolute Gasteiger partial charge is 0.143 e. The minimum atomic E-state index is 0.860. The molecule has 3 heteroatoms. The minimum Gasteiger partial charge on any atom is -0.456 e. The molecule has 0 saturated carbocycles. The number of fused-ring (bicyclic) bond motifs is 10. The van der Waals surface area contributed by atoms with Crippen LogP contribution in [0.2, 0.25) is 0 Å². The molecule has 0 unspecified atom stereocenters. The van der Waals surface area contributed by atoms with Gasteiger partial charge in [0.15, 0.2) is 0 Å². The van der Waals surface area contributed by atoms with E-state index in [9.17, 15) is 0 Å². The topological polar surface area (TPSA) is 29.5 Å². The number of hydrogen-bond donors (Lipinski definition) is 0. The summed E-state index contributed by atoms with van der Waals surface area (Å²) in [5.41, 5.74) is 11.3. The first-order valence-electron chi connectivity index (χ1n) is 19.4. The third kappa shape index (κ3) is 4.86. The Bertz CT molecular complexity index is 3540. The molecule has 0 amide bonds. The highest BCUT2D eigenvalue weighted by Gasteiger charge is 2.24. The molecule has 0 bridgehead atoms. The standard InChI is InChI=1S/C54H33NO2/c1-2-13-34(14-3-1)40-29-30-44(52-45-19-8-11-23-50(45)57-54(40)52)42-31-32-47(43-18-7-6-17-41(42)43)55(48-21-12-24-51-53(48)46-20-9-10-22-49(46)56-51)37-27-28-39-36(33-37)26-25-35-15-4-5-16-38(35)39/h1-33H. The van der Waals surface area contributed by atoms with Crippen LogP contribution in [0.4, 0.5) is 17.1 Å². The largest absolute Gasteiger partial charge is 0.456 e. The van der Waals surface area contributed by atoms with Gasteiger partial charge in [0.1, 0.15) is 22.3 Å². The highest BCUT2D eigenvalue weighted by atomic mass is 16.3. The molecule has 57 heavy (non-hydrogen) atoms. The molecule has 0 aliphatic heterocycles. The fourth-order valence-corrected chi connectivity index (χ4v) is 9.10. The second kappa shape index (κ2) is 12.5. The molecule has 0 spiro atoms. The molecule has 0 fully saturated rings. The lowest BCUT2D eigenvalue weighted by Crippen LogP contribution is -2.11. The molecule has 0 atom stereocenters. The van der Waals surface area contributed by atoms with E-state index in [2.05, 4.69) is 193 Å². The van der Waals surface area contributed by atoms with Gasteiger partial charge in [0.25, 0.3) is 0 Å². The molecule has 12 rings (SSSR count). The van der Waals surface area contributed by atoms with Crippen molar-refractivity contribution in [2.24, 2.45) is 0 Å². The van der Waals surface area contributed by atoms with Gasteiger partial charge < -0.3 is 13.7 Å². The van der Waals surface area contributed by atoms with E-state index in [1.54, 1.807) is 0 Å². The Hall–Kier alpha value is -7.62. The zero-order valence-corrected chi connectivity index (χ0v) is 30.8. The van der Waals surface area contributed by atoms with Crippen LogP contribution in [0.3, 0.4) is 0 Å². The Labute approximate surface area is 328 Å². The number of rotatable bonds is 5. The van der Waals surface area contributed by atoms with E-state index >= 15 is 0 Å². The van der Waals surface area contributed by atoms with E-state index in [0.29, 0.717) is 0 Å². The molecule has 0 aliphatic carbocycles. The van der Waals surface area contributed by atoms with Crippen molar-refractivity contribution in [2.45, 2.75) is 0 Å². The molecule has 0 N–H and O–H groups in total. The van der Waals surface area contributed by atoms with Gasteiger partial charge in [-0.15, -0.1) is 0 Å². The maximum Gasteiger partial charge on any atom is 0.143 e. The van der Waals surface area contributed by atoms with Crippen LogP contribution in [-0.2, 0) is 0 Å². The van der Waals surface area contributed by atoms with Crippen LogP contribution in [0.1, 0.15) is 0 Å². The van der Waals surface area contributed by atoms with Crippen molar-refractivity contribution in [3.63, 3.8) is 0 Å². The highest BCUT2D eigenvalue weighted by Crippen LogP contribution is 2.49. The van der Waals surface area contributed by atoms with Gasteiger partial charge in [0.05, 0.1) is 16.8 Å². The molecule has 10 aromatic carbocycles. The normalized spacial score (nSPS) is 11.9. The number of furan rings is 2. The molecule has 0 aliphatic rings. The molecule has 2 heterocycles. The van der Waals surface area contributed by atoms with Crippen LogP contribution in [0.5, 0.6) is 0 Å². The van der Waals surface area contributed by atoms with Crippen LogP contribution < -0.4 is 4.90 Å². The van der Waals surface area contributed by atoms with Gasteiger partial charge >= 0.3 is 0 Å². The Morgan fingerprint density at radius 1 is 0.316 bits per heavy atom. The van der Waals surface area contributed by atoms with Gasteiger partial charge in [-0.1, -0.05) is 152 Å². The Morgan fingerprint density at radius 3 is 1.77 bits per heavy atom. The molecule has 0 saturated heterocycles. The summed E-state index contributed by atoms with van der Waals surface area (Å²) < 4.78 is 13.2. The van der Waals surface area contributed by atoms with Crippen LogP contribution in [0, 0.1) is 0 Å². The average molecular weight is 728 g/mol. The molecule has 2 aromatic heterocycles. The summed E-state index contributed by atoms with van der Waals surface area (Å²) in [5, 5.41) is 11.6. The first-order valence-corrected chi connectivity index (χ1v) is 19.4. The van der Waals surface area contributed by atoms with Gasteiger partial charge in [-0.2, -0.15) is 0 Å². The van der Waals surface area contributed by atoms with Crippen molar-refractivity contribution in [1.29, 1.82) is 0 Å². The second-order valence-corrected chi connectivity index (χ2v) is 14.8. The molecule has 12 aromatic rings. The lowest BCUT2D eigenvalue weighted by Gasteiger charge is -2.28. The molecule has 3 nitrogen and oxygen atoms in total. The van der Waals surface area contributed by atoms with E-state index in [-0.39, 0.29) is 0 Å². The summed E-state index contributed by atoms with van der Waals surface area (Å²) in [4.78, 5) is 2.42. The number of nitrogens with zero attached hydrogens (tertiary/aromatic N) is 1. The van der Waals surface area contributed by atoms with Gasteiger partial charge in [-0.3, -0.25) is 0 Å². The van der Waals surface area contributed by atoms with Crippen molar-refractivity contribution < 1.29 is 8.83 Å². The first-order chi connectivity index (χ1) is 28.3. The highest BCUT2D eigenvalue weighted by molar-refractivity contribution is 6.21. The summed E-state index contributed by atoms with van der Waals surface area (Å²) >= 11 is 0. The van der Waals surface area contributed by atoms with E-state index in [1.165, 1.54) is 21.5 Å². The monoisotopic (exact) mass is 727 g/mol. The predicted octanol–water partition coefficient (Wildman–Crippen LogP) is 15.7. The van der Waals surface area contributed by atoms with Crippen LogP contribution in [-0.4, -0.2) is 0 Å². The fourth-order valence-electron chi connectivity index (χ4n) is 9.10. The number of benzene rings is 10. The molecule has 0 radical (unpaired) electrons. The third-order valence-corrected chi connectivity index (χ3v) is 11.7. The van der Waals surface area contributed by atoms with Crippen molar-refractivity contribution in [3.8, 4) is 22.3 Å². The van der Waals surface area contributed by atoms with Crippen molar-refractivity contribution in [2.75, 3.05) is 4.90 Å². The number of para-hydroxylation sites is 2. The SMILES string of the molecule is c1ccc(-c2ccc(-c3ccc(N(c4ccc5c(ccc6ccccc65)c4)c4cccc5oc6ccccc6c45)c4ccccc34)c3c2oc2ccccc23)cc1. The van der Waals surface area contributed by atoms with Crippen LogP contribution in [0.15, 0.2) is 209 Å². The van der Waals surface area contributed by atoms with E-state index < -0.39 is 0 Å². The van der Waals surface area contributed by atoms with E-state index in [4.69, 9.17) is 8.83 Å². The molecular formula is C54H33NO2. The maximum absolute atomic E-state index is 6.70. The third-order valence-electron chi connectivity index (χ3n) is 11.7. The lowest BCUT2D eigenvalue weighted by molar-refractivity contribution is 0.669. The minimum absolute atomic E-state index is 0.860. The fraction of sp³-hybridized carbons (Fsp3) is 0. The van der Waals surface area contributed by atoms with E-state index in [0.717, 1.165) is 94.0 Å². The van der Waals surface area contributed by atoms with Crippen molar-refractivity contribution >= 4 is 93.3 Å². The van der Waals surface area contributed by atoms with Crippen LogP contribution >= 0.6 is 0 Å². The van der Waals surface area contributed by atoms with Crippen molar-refractivity contribution in [3.05, 3.63) is 200 Å². The van der Waals surface area contributed by atoms with Crippen LogP contribution in [0.25, 0.3) is 98.4 Å². The summed E-state index contributed by atoms with van der Waals surface area (Å²) in [6.07, 6.45) is 0. The second-order valence-electron chi connectivity index (χ2n) is 14.8. The average Bonchev–Trinajstić information content (AvgIpc) is 3.86. The first kappa shape index (κ1) is 31.7. The van der Waals surface area contributed by atoms with Gasteiger partial charge in [-0.25, -0.2) is 0 Å². The summed E-state index contributed by atoms with van der Waals surface area (Å²) in [7, 11) is 0. The summed E-state index contributed by atoms with van der Waals surface area (Å²) in [6, 6.07) is 71.5. The van der Waals surface area contributed by atoms with Crippen molar-refractivity contribution in [1.82, 2.24) is 0 Å². The summed E-state index contributed by atoms with van der Waals surface area (Å²) in [6.45, 7) is 0. The Kier molecular flexibility index (Phi) is 6.93. The predicted molar refractivity (Wildman–Crippen MR) is 239 cm³/mol. The lowest BCUT2D eigenvalue weighted by atomic mass is 9.91. The van der Waals surface area contributed by atoms with Gasteiger partial charge in [-0.05, 0) is 92.2 Å². The van der Waals surface area contributed by atoms with E-state index in [1.807, 2.05) is 12.1 Å². The Balaban J connectivity index is 1.14. The van der Waals surface area contributed by atoms with Gasteiger partial charge in [0, 0.05) is 32.8 Å². The quantitative estimate of drug-likeness (QED) is 0.165. The Morgan fingerprint density at radius 2 is 0.930 bits per heavy atom. The van der Waals surface area contributed by atoms with Gasteiger partial charge in [0.2, 0.25) is 0 Å². The number of hydrogen-bond acceptors (Lipinski definition) is 3. The summed E-state index contributed by atoms with van der Waals surface area (Å²) in [5.74, 6) is 0. The zero-order valence-electron chi connectivity index (χ0n) is 30.8. The molecule has 266 valence electrons. The number of anilines is 3. The zero-order chi connectivity index (χ0) is 37.5.